The summed E-state index contributed by atoms with van der Waals surface area (Å²) in [6.45, 7) is 7.37. The Morgan fingerprint density at radius 3 is 2.68 bits per heavy atom. The molecule has 0 spiro atoms. The standard InChI is InChI=1S/C14H16BrClN2S/c1-14(2,3)9-4-5-11(15)12(6-9)17-7-10-8-18-13(16)19-10/h4-6,8,17H,7H2,1-3H3. The molecule has 0 atom stereocenters. The van der Waals surface area contributed by atoms with E-state index in [1.165, 1.54) is 16.9 Å². The van der Waals surface area contributed by atoms with Crippen molar-refractivity contribution in [3.05, 3.63) is 43.8 Å². The molecule has 0 saturated carbocycles. The topological polar surface area (TPSA) is 24.9 Å². The van der Waals surface area contributed by atoms with Crippen LogP contribution in [0.2, 0.25) is 4.47 Å². The Kier molecular flexibility index (Phi) is 4.54. The number of benzene rings is 1. The maximum absolute atomic E-state index is 5.83. The van der Waals surface area contributed by atoms with Gasteiger partial charge in [-0.25, -0.2) is 4.98 Å². The number of nitrogens with one attached hydrogen (secondary N) is 1. The van der Waals surface area contributed by atoms with Gasteiger partial charge < -0.3 is 5.32 Å². The van der Waals surface area contributed by atoms with Crippen LogP contribution in [0.3, 0.4) is 0 Å². The fourth-order valence-corrected chi connectivity index (χ4v) is 2.98. The number of rotatable bonds is 3. The summed E-state index contributed by atoms with van der Waals surface area (Å²) >= 11 is 10.9. The van der Waals surface area contributed by atoms with Crippen LogP contribution in [0.1, 0.15) is 31.2 Å². The first-order chi connectivity index (χ1) is 8.86. The molecule has 0 unspecified atom stereocenters. The fraction of sp³-hybridized carbons (Fsp3) is 0.357. The van der Waals surface area contributed by atoms with Crippen molar-refractivity contribution >= 4 is 44.6 Å². The van der Waals surface area contributed by atoms with Crippen LogP contribution in [0.5, 0.6) is 0 Å². The predicted molar refractivity (Wildman–Crippen MR) is 87.3 cm³/mol. The van der Waals surface area contributed by atoms with Crippen molar-refractivity contribution in [2.75, 3.05) is 5.32 Å². The number of anilines is 1. The zero-order chi connectivity index (χ0) is 14.0. The van der Waals surface area contributed by atoms with Crippen LogP contribution in [0.4, 0.5) is 5.69 Å². The molecule has 5 heteroatoms. The van der Waals surface area contributed by atoms with Gasteiger partial charge in [-0.05, 0) is 39.0 Å². The molecule has 102 valence electrons. The predicted octanol–water partition coefficient (Wildman–Crippen LogP) is 5.47. The highest BCUT2D eigenvalue weighted by Crippen LogP contribution is 2.30. The highest BCUT2D eigenvalue weighted by Gasteiger charge is 2.15. The molecule has 0 bridgehead atoms. The maximum Gasteiger partial charge on any atom is 0.183 e. The van der Waals surface area contributed by atoms with Crippen LogP contribution in [-0.4, -0.2) is 4.98 Å². The van der Waals surface area contributed by atoms with Crippen LogP contribution in [0.15, 0.2) is 28.9 Å². The zero-order valence-electron chi connectivity index (χ0n) is 11.1. The van der Waals surface area contributed by atoms with Gasteiger partial charge in [0.1, 0.15) is 0 Å². The van der Waals surface area contributed by atoms with E-state index in [1.54, 1.807) is 0 Å². The lowest BCUT2D eigenvalue weighted by Crippen LogP contribution is -2.11. The lowest BCUT2D eigenvalue weighted by molar-refractivity contribution is 0.590. The molecular weight excluding hydrogens is 344 g/mol. The van der Waals surface area contributed by atoms with Crippen molar-refractivity contribution in [1.82, 2.24) is 4.98 Å². The minimum absolute atomic E-state index is 0.144. The highest BCUT2D eigenvalue weighted by molar-refractivity contribution is 9.10. The highest BCUT2D eigenvalue weighted by atomic mass is 79.9. The number of hydrogen-bond donors (Lipinski definition) is 1. The Morgan fingerprint density at radius 2 is 2.11 bits per heavy atom. The van der Waals surface area contributed by atoms with Crippen molar-refractivity contribution in [2.45, 2.75) is 32.7 Å². The normalized spacial score (nSPS) is 11.6. The van der Waals surface area contributed by atoms with Crippen molar-refractivity contribution in [1.29, 1.82) is 0 Å². The largest absolute Gasteiger partial charge is 0.379 e. The van der Waals surface area contributed by atoms with Crippen LogP contribution in [0, 0.1) is 0 Å². The maximum atomic E-state index is 5.83. The molecule has 1 heterocycles. The molecule has 19 heavy (non-hydrogen) atoms. The SMILES string of the molecule is CC(C)(C)c1ccc(Br)c(NCc2cnc(Cl)s2)c1. The average Bonchev–Trinajstić information content (AvgIpc) is 2.72. The van der Waals surface area contributed by atoms with Gasteiger partial charge in [-0.3, -0.25) is 0 Å². The van der Waals surface area contributed by atoms with E-state index < -0.39 is 0 Å². The first-order valence-electron chi connectivity index (χ1n) is 6.00. The molecule has 2 aromatic rings. The smallest absolute Gasteiger partial charge is 0.183 e. The van der Waals surface area contributed by atoms with Gasteiger partial charge in [-0.15, -0.1) is 11.3 Å². The number of thiazole rings is 1. The molecule has 0 amide bonds. The summed E-state index contributed by atoms with van der Waals surface area (Å²) in [7, 11) is 0. The van der Waals surface area contributed by atoms with Crippen LogP contribution < -0.4 is 5.32 Å². The minimum Gasteiger partial charge on any atom is -0.379 e. The van der Waals surface area contributed by atoms with E-state index in [2.05, 4.69) is 65.2 Å². The van der Waals surface area contributed by atoms with Gasteiger partial charge in [0.15, 0.2) is 4.47 Å². The van der Waals surface area contributed by atoms with Gasteiger partial charge in [0, 0.05) is 21.2 Å². The molecule has 0 radical (unpaired) electrons. The molecule has 1 N–H and O–H groups in total. The molecule has 0 aliphatic heterocycles. The summed E-state index contributed by atoms with van der Waals surface area (Å²) in [5, 5.41) is 3.42. The van der Waals surface area contributed by atoms with E-state index in [9.17, 15) is 0 Å². The van der Waals surface area contributed by atoms with Gasteiger partial charge >= 0.3 is 0 Å². The third kappa shape index (κ3) is 3.94. The fourth-order valence-electron chi connectivity index (χ4n) is 1.67. The van der Waals surface area contributed by atoms with Crippen LogP contribution >= 0.6 is 38.9 Å². The molecular formula is C14H16BrClN2S. The quantitative estimate of drug-likeness (QED) is 0.786. The van der Waals surface area contributed by atoms with Gasteiger partial charge in [0.25, 0.3) is 0 Å². The summed E-state index contributed by atoms with van der Waals surface area (Å²) in [5.74, 6) is 0. The number of nitrogens with zero attached hydrogens (tertiary/aromatic N) is 1. The first kappa shape index (κ1) is 14.8. The summed E-state index contributed by atoms with van der Waals surface area (Å²) < 4.78 is 1.65. The van der Waals surface area contributed by atoms with Gasteiger partial charge in [-0.2, -0.15) is 0 Å². The Bertz CT molecular complexity index is 575. The second-order valence-corrected chi connectivity index (χ2v) is 7.93. The van der Waals surface area contributed by atoms with Crippen molar-refractivity contribution in [3.8, 4) is 0 Å². The molecule has 2 rings (SSSR count). The second-order valence-electron chi connectivity index (χ2n) is 5.38. The third-order valence-electron chi connectivity index (χ3n) is 2.81. The molecule has 0 saturated heterocycles. The summed E-state index contributed by atoms with van der Waals surface area (Å²) in [4.78, 5) is 5.16. The van der Waals surface area contributed by atoms with E-state index in [1.807, 2.05) is 6.20 Å². The number of hydrogen-bond acceptors (Lipinski definition) is 3. The third-order valence-corrected chi connectivity index (χ3v) is 4.62. The Balaban J connectivity index is 2.15. The van der Waals surface area contributed by atoms with Crippen molar-refractivity contribution in [3.63, 3.8) is 0 Å². The van der Waals surface area contributed by atoms with Crippen LogP contribution in [0.25, 0.3) is 0 Å². The van der Waals surface area contributed by atoms with Gasteiger partial charge in [-0.1, -0.05) is 38.4 Å². The molecule has 0 fully saturated rings. The Hall–Kier alpha value is -0.580. The van der Waals surface area contributed by atoms with Crippen molar-refractivity contribution < 1.29 is 0 Å². The van der Waals surface area contributed by atoms with Gasteiger partial charge in [0.2, 0.25) is 0 Å². The number of halogens is 2. The Labute approximate surface area is 131 Å². The lowest BCUT2D eigenvalue weighted by atomic mass is 9.87. The zero-order valence-corrected chi connectivity index (χ0v) is 14.3. The minimum atomic E-state index is 0.144. The lowest BCUT2D eigenvalue weighted by Gasteiger charge is -2.20. The Morgan fingerprint density at radius 1 is 1.37 bits per heavy atom. The summed E-state index contributed by atoms with van der Waals surface area (Å²) in [6.07, 6.45) is 1.81. The van der Waals surface area contributed by atoms with E-state index in [0.29, 0.717) is 4.47 Å². The molecule has 1 aromatic heterocycles. The van der Waals surface area contributed by atoms with E-state index in [0.717, 1.165) is 21.6 Å². The monoisotopic (exact) mass is 358 g/mol. The second kappa shape index (κ2) is 5.81. The van der Waals surface area contributed by atoms with Crippen LogP contribution in [-0.2, 0) is 12.0 Å². The summed E-state index contributed by atoms with van der Waals surface area (Å²) in [6, 6.07) is 6.42. The molecule has 0 aliphatic carbocycles. The molecule has 2 nitrogen and oxygen atoms in total. The van der Waals surface area contributed by atoms with Crippen molar-refractivity contribution in [2.24, 2.45) is 0 Å². The summed E-state index contributed by atoms with van der Waals surface area (Å²) in [5.41, 5.74) is 2.54. The number of aromatic nitrogens is 1. The first-order valence-corrected chi connectivity index (χ1v) is 7.99. The average molecular weight is 360 g/mol. The molecule has 1 aromatic carbocycles. The molecule has 0 aliphatic rings. The van der Waals surface area contributed by atoms with E-state index in [-0.39, 0.29) is 5.41 Å². The van der Waals surface area contributed by atoms with E-state index in [4.69, 9.17) is 11.6 Å². The van der Waals surface area contributed by atoms with E-state index >= 15 is 0 Å². The van der Waals surface area contributed by atoms with Gasteiger partial charge in [0.05, 0.1) is 6.54 Å².